The van der Waals surface area contributed by atoms with Crippen LogP contribution in [0, 0.1) is 13.8 Å². The molecule has 0 aromatic heterocycles. The van der Waals surface area contributed by atoms with Gasteiger partial charge in [-0.15, -0.1) is 11.8 Å². The molecule has 0 saturated heterocycles. The maximum Gasteiger partial charge on any atom is 0.0545 e. The lowest BCUT2D eigenvalue weighted by molar-refractivity contribution is 0.652. The molecule has 3 heteroatoms. The summed E-state index contributed by atoms with van der Waals surface area (Å²) in [6.45, 7) is 6.41. The van der Waals surface area contributed by atoms with Gasteiger partial charge in [0.2, 0.25) is 0 Å². The maximum absolute atomic E-state index is 6.41. The number of halogens is 1. The molecule has 0 fully saturated rings. The van der Waals surface area contributed by atoms with Crippen LogP contribution in [0.4, 0.5) is 0 Å². The van der Waals surface area contributed by atoms with Gasteiger partial charge in [0.05, 0.1) is 5.02 Å². The van der Waals surface area contributed by atoms with Crippen LogP contribution in [-0.4, -0.2) is 7.05 Å². The minimum atomic E-state index is 0.320. The van der Waals surface area contributed by atoms with E-state index in [-0.39, 0.29) is 0 Å². The highest BCUT2D eigenvalue weighted by molar-refractivity contribution is 7.98. The molecule has 0 aliphatic heterocycles. The third-order valence-electron chi connectivity index (χ3n) is 3.56. The number of benzene rings is 2. The molecular formula is C18H22ClNS. The molecule has 0 saturated carbocycles. The van der Waals surface area contributed by atoms with Crippen molar-refractivity contribution in [2.24, 2.45) is 0 Å². The first-order valence-corrected chi connectivity index (χ1v) is 8.52. The second-order valence-electron chi connectivity index (χ2n) is 5.48. The summed E-state index contributed by atoms with van der Waals surface area (Å²) in [5.41, 5.74) is 5.20. The van der Waals surface area contributed by atoms with Gasteiger partial charge in [0, 0.05) is 16.7 Å². The van der Waals surface area contributed by atoms with E-state index in [1.165, 1.54) is 22.3 Å². The van der Waals surface area contributed by atoms with Crippen LogP contribution in [0.15, 0.2) is 41.3 Å². The van der Waals surface area contributed by atoms with Gasteiger partial charge in [-0.3, -0.25) is 0 Å². The summed E-state index contributed by atoms with van der Waals surface area (Å²) in [6.07, 6.45) is 0. The van der Waals surface area contributed by atoms with E-state index in [0.29, 0.717) is 6.04 Å². The van der Waals surface area contributed by atoms with Crippen molar-refractivity contribution in [3.05, 3.63) is 63.7 Å². The molecule has 0 bridgehead atoms. The fourth-order valence-corrected chi connectivity index (χ4v) is 3.59. The molecule has 1 atom stereocenters. The lowest BCUT2D eigenvalue weighted by atomic mass is 10.1. The van der Waals surface area contributed by atoms with Gasteiger partial charge in [-0.1, -0.05) is 47.0 Å². The zero-order chi connectivity index (χ0) is 15.4. The average Bonchev–Trinajstić information content (AvgIpc) is 2.44. The standard InChI is InChI=1S/C18H22ClNS/c1-12-7-13(2)9-15(8-12)11-21-18-6-5-16(10-17(18)19)14(3)20-4/h5-10,14,20H,11H2,1-4H3. The van der Waals surface area contributed by atoms with Crippen LogP contribution in [0.3, 0.4) is 0 Å². The van der Waals surface area contributed by atoms with Crippen molar-refractivity contribution in [2.45, 2.75) is 37.5 Å². The smallest absolute Gasteiger partial charge is 0.0545 e. The summed E-state index contributed by atoms with van der Waals surface area (Å²) in [5, 5.41) is 4.07. The molecule has 1 N–H and O–H groups in total. The largest absolute Gasteiger partial charge is 0.313 e. The van der Waals surface area contributed by atoms with Gasteiger partial charge in [-0.25, -0.2) is 0 Å². The third-order valence-corrected chi connectivity index (χ3v) is 5.13. The van der Waals surface area contributed by atoms with Gasteiger partial charge in [0.15, 0.2) is 0 Å². The summed E-state index contributed by atoms with van der Waals surface area (Å²) in [7, 11) is 1.96. The van der Waals surface area contributed by atoms with Gasteiger partial charge in [0.1, 0.15) is 0 Å². The van der Waals surface area contributed by atoms with Gasteiger partial charge >= 0.3 is 0 Å². The lowest BCUT2D eigenvalue weighted by Gasteiger charge is -2.13. The molecule has 21 heavy (non-hydrogen) atoms. The van der Waals surface area contributed by atoms with Gasteiger partial charge in [-0.2, -0.15) is 0 Å². The highest BCUT2D eigenvalue weighted by Crippen LogP contribution is 2.32. The minimum Gasteiger partial charge on any atom is -0.313 e. The molecule has 1 nitrogen and oxygen atoms in total. The van der Waals surface area contributed by atoms with Crippen molar-refractivity contribution in [3.63, 3.8) is 0 Å². The molecule has 0 aliphatic carbocycles. The van der Waals surface area contributed by atoms with Crippen LogP contribution in [0.5, 0.6) is 0 Å². The Hall–Kier alpha value is -0.960. The Balaban J connectivity index is 2.09. The zero-order valence-electron chi connectivity index (χ0n) is 13.0. The normalized spacial score (nSPS) is 12.4. The quantitative estimate of drug-likeness (QED) is 0.727. The lowest BCUT2D eigenvalue weighted by Crippen LogP contribution is -2.12. The van der Waals surface area contributed by atoms with Gasteiger partial charge in [-0.05, 0) is 51.1 Å². The van der Waals surface area contributed by atoms with Crippen LogP contribution in [-0.2, 0) is 5.75 Å². The Kier molecular flexibility index (Phi) is 5.74. The Bertz CT molecular complexity index is 604. The Morgan fingerprint density at radius 1 is 1.10 bits per heavy atom. The molecule has 0 radical (unpaired) electrons. The molecule has 2 aromatic rings. The second kappa shape index (κ2) is 7.35. The molecule has 1 unspecified atom stereocenters. The molecule has 0 heterocycles. The highest BCUT2D eigenvalue weighted by Gasteiger charge is 2.07. The average molecular weight is 320 g/mol. The molecule has 112 valence electrons. The SMILES string of the molecule is CNC(C)c1ccc(SCc2cc(C)cc(C)c2)c(Cl)c1. The van der Waals surface area contributed by atoms with Crippen LogP contribution in [0.1, 0.15) is 35.2 Å². The number of hydrogen-bond donors (Lipinski definition) is 1. The van der Waals surface area contributed by atoms with E-state index in [2.05, 4.69) is 62.5 Å². The predicted octanol–water partition coefficient (Wildman–Crippen LogP) is 5.53. The summed E-state index contributed by atoms with van der Waals surface area (Å²) < 4.78 is 0. The monoisotopic (exact) mass is 319 g/mol. The van der Waals surface area contributed by atoms with Crippen LogP contribution >= 0.6 is 23.4 Å². The van der Waals surface area contributed by atoms with Gasteiger partial charge < -0.3 is 5.32 Å². The number of nitrogens with one attached hydrogen (secondary N) is 1. The molecule has 2 aromatic carbocycles. The van der Waals surface area contributed by atoms with Crippen molar-refractivity contribution in [2.75, 3.05) is 7.05 Å². The van der Waals surface area contributed by atoms with Crippen molar-refractivity contribution in [3.8, 4) is 0 Å². The van der Waals surface area contributed by atoms with E-state index in [9.17, 15) is 0 Å². The topological polar surface area (TPSA) is 12.0 Å². The summed E-state index contributed by atoms with van der Waals surface area (Å²) in [6, 6.07) is 13.3. The van der Waals surface area contributed by atoms with E-state index in [1.807, 2.05) is 7.05 Å². The van der Waals surface area contributed by atoms with E-state index in [1.54, 1.807) is 11.8 Å². The fourth-order valence-electron chi connectivity index (χ4n) is 2.38. The van der Waals surface area contributed by atoms with Crippen LogP contribution in [0.25, 0.3) is 0 Å². The second-order valence-corrected chi connectivity index (χ2v) is 6.91. The minimum absolute atomic E-state index is 0.320. The Morgan fingerprint density at radius 2 is 1.76 bits per heavy atom. The van der Waals surface area contributed by atoms with Crippen molar-refractivity contribution < 1.29 is 0 Å². The summed E-state index contributed by atoms with van der Waals surface area (Å²) in [4.78, 5) is 1.14. The first kappa shape index (κ1) is 16.4. The molecule has 0 amide bonds. The highest BCUT2D eigenvalue weighted by atomic mass is 35.5. The van der Waals surface area contributed by atoms with Crippen molar-refractivity contribution >= 4 is 23.4 Å². The number of rotatable bonds is 5. The fraction of sp³-hybridized carbons (Fsp3) is 0.333. The molecule has 2 rings (SSSR count). The number of hydrogen-bond acceptors (Lipinski definition) is 2. The number of thioether (sulfide) groups is 1. The van der Waals surface area contributed by atoms with Crippen molar-refractivity contribution in [1.29, 1.82) is 0 Å². The van der Waals surface area contributed by atoms with E-state index in [0.717, 1.165) is 15.7 Å². The van der Waals surface area contributed by atoms with Gasteiger partial charge in [0.25, 0.3) is 0 Å². The van der Waals surface area contributed by atoms with Crippen LogP contribution in [0.2, 0.25) is 5.02 Å². The Labute approximate surface area is 137 Å². The zero-order valence-corrected chi connectivity index (χ0v) is 14.6. The molecule has 0 spiro atoms. The summed E-state index contributed by atoms with van der Waals surface area (Å²) >= 11 is 8.20. The van der Waals surface area contributed by atoms with E-state index < -0.39 is 0 Å². The van der Waals surface area contributed by atoms with Crippen molar-refractivity contribution in [1.82, 2.24) is 5.32 Å². The van der Waals surface area contributed by atoms with E-state index >= 15 is 0 Å². The first-order valence-electron chi connectivity index (χ1n) is 7.16. The number of aryl methyl sites for hydroxylation is 2. The summed E-state index contributed by atoms with van der Waals surface area (Å²) in [5.74, 6) is 0.948. The first-order chi connectivity index (χ1) is 9.99. The van der Waals surface area contributed by atoms with E-state index in [4.69, 9.17) is 11.6 Å². The predicted molar refractivity (Wildman–Crippen MR) is 94.4 cm³/mol. The van der Waals surface area contributed by atoms with Crippen LogP contribution < -0.4 is 5.32 Å². The molecular weight excluding hydrogens is 298 g/mol. The Morgan fingerprint density at radius 3 is 2.33 bits per heavy atom. The third kappa shape index (κ3) is 4.50. The molecule has 0 aliphatic rings. The maximum atomic E-state index is 6.41.